The van der Waals surface area contributed by atoms with Gasteiger partial charge in [0, 0.05) is 5.56 Å². The largest absolute Gasteiger partial charge is 0.507 e. The first kappa shape index (κ1) is 18.2. The minimum Gasteiger partial charge on any atom is -0.507 e. The number of carbonyl (C=O) groups excluding carboxylic acids is 3. The van der Waals surface area contributed by atoms with E-state index in [0.29, 0.717) is 11.3 Å². The molecular weight excluding hydrogens is 322 g/mol. The van der Waals surface area contributed by atoms with Crippen LogP contribution in [0.4, 0.5) is 5.69 Å². The number of phenolic OH excluding ortho intramolecular Hbond substituents is 1. The number of ether oxygens (including phenoxy) is 1. The lowest BCUT2D eigenvalue weighted by Gasteiger charge is -2.15. The highest BCUT2D eigenvalue weighted by Gasteiger charge is 2.22. The third-order valence-electron chi connectivity index (χ3n) is 3.59. The van der Waals surface area contributed by atoms with Crippen molar-refractivity contribution in [2.24, 2.45) is 0 Å². The van der Waals surface area contributed by atoms with Gasteiger partial charge in [0.1, 0.15) is 11.3 Å². The third kappa shape index (κ3) is 4.44. The van der Waals surface area contributed by atoms with Crippen LogP contribution in [0.15, 0.2) is 42.5 Å². The van der Waals surface area contributed by atoms with Gasteiger partial charge in [-0.2, -0.15) is 0 Å². The number of rotatable bonds is 5. The Balaban J connectivity index is 2.08. The monoisotopic (exact) mass is 341 g/mol. The van der Waals surface area contributed by atoms with Crippen molar-refractivity contribution in [1.29, 1.82) is 0 Å². The number of benzene rings is 2. The number of anilines is 1. The highest BCUT2D eigenvalue weighted by molar-refractivity contribution is 6.05. The fourth-order valence-corrected chi connectivity index (χ4v) is 2.23. The van der Waals surface area contributed by atoms with Crippen LogP contribution in [0.5, 0.6) is 5.75 Å². The predicted octanol–water partition coefficient (Wildman–Crippen LogP) is 3.09. The van der Waals surface area contributed by atoms with Crippen molar-refractivity contribution in [3.8, 4) is 5.75 Å². The Morgan fingerprint density at radius 3 is 2.40 bits per heavy atom. The lowest BCUT2D eigenvalue weighted by Crippen LogP contribution is -2.30. The van der Waals surface area contributed by atoms with Crippen LogP contribution in [0, 0.1) is 6.92 Å². The molecule has 2 rings (SSSR count). The van der Waals surface area contributed by atoms with E-state index in [4.69, 9.17) is 4.74 Å². The minimum atomic E-state index is -1.10. The molecule has 0 heterocycles. The molecule has 0 bridgehead atoms. The summed E-state index contributed by atoms with van der Waals surface area (Å²) in [7, 11) is 0. The van der Waals surface area contributed by atoms with Crippen molar-refractivity contribution in [2.45, 2.75) is 26.9 Å². The number of nitrogens with one attached hydrogen (secondary N) is 1. The molecule has 0 aliphatic rings. The molecule has 0 aromatic heterocycles. The van der Waals surface area contributed by atoms with Crippen LogP contribution in [0.1, 0.15) is 40.1 Å². The van der Waals surface area contributed by atoms with E-state index in [1.54, 1.807) is 37.3 Å². The number of hydrogen-bond acceptors (Lipinski definition) is 5. The Bertz CT molecular complexity index is 828. The zero-order valence-corrected chi connectivity index (χ0v) is 14.2. The molecule has 0 aliphatic heterocycles. The molecule has 0 saturated carbocycles. The molecule has 0 aliphatic carbocycles. The van der Waals surface area contributed by atoms with Crippen LogP contribution in [0.25, 0.3) is 0 Å². The lowest BCUT2D eigenvalue weighted by molar-refractivity contribution is -0.123. The van der Waals surface area contributed by atoms with Gasteiger partial charge in [-0.1, -0.05) is 18.2 Å². The lowest BCUT2D eigenvalue weighted by atomic mass is 10.1. The van der Waals surface area contributed by atoms with Crippen LogP contribution in [0.3, 0.4) is 0 Å². The number of carbonyl (C=O) groups is 3. The molecule has 1 atom stereocenters. The van der Waals surface area contributed by atoms with Gasteiger partial charge in [-0.05, 0) is 50.6 Å². The molecule has 1 amide bonds. The summed E-state index contributed by atoms with van der Waals surface area (Å²) < 4.78 is 5.10. The second-order valence-corrected chi connectivity index (χ2v) is 5.66. The van der Waals surface area contributed by atoms with Gasteiger partial charge >= 0.3 is 5.97 Å². The standard InChI is InChI=1S/C19H19NO5/c1-11-8-9-15(17(22)10-11)19(24)25-13(3)18(23)20-16-7-5-4-6-14(16)12(2)21/h4-10,13,22H,1-3H3,(H,20,23)/t13-/m0/s1. The van der Waals surface area contributed by atoms with E-state index in [1.165, 1.54) is 26.0 Å². The number of esters is 1. The normalized spacial score (nSPS) is 11.5. The SMILES string of the molecule is CC(=O)c1ccccc1NC(=O)[C@H](C)OC(=O)c1ccc(C)cc1O. The summed E-state index contributed by atoms with van der Waals surface area (Å²) >= 11 is 0. The van der Waals surface area contributed by atoms with Crippen LogP contribution < -0.4 is 5.32 Å². The Kier molecular flexibility index (Phi) is 5.54. The van der Waals surface area contributed by atoms with E-state index >= 15 is 0 Å². The van der Waals surface area contributed by atoms with Gasteiger partial charge < -0.3 is 15.2 Å². The number of amides is 1. The molecule has 6 heteroatoms. The van der Waals surface area contributed by atoms with Gasteiger partial charge in [-0.3, -0.25) is 9.59 Å². The molecule has 2 N–H and O–H groups in total. The van der Waals surface area contributed by atoms with E-state index in [-0.39, 0.29) is 17.1 Å². The fraction of sp³-hybridized carbons (Fsp3) is 0.211. The van der Waals surface area contributed by atoms with Crippen LogP contribution in [-0.4, -0.2) is 28.9 Å². The van der Waals surface area contributed by atoms with E-state index in [9.17, 15) is 19.5 Å². The van der Waals surface area contributed by atoms with Crippen molar-refractivity contribution < 1.29 is 24.2 Å². The second-order valence-electron chi connectivity index (χ2n) is 5.66. The molecule has 0 radical (unpaired) electrons. The van der Waals surface area contributed by atoms with Gasteiger partial charge in [-0.25, -0.2) is 4.79 Å². The average Bonchev–Trinajstić information content (AvgIpc) is 2.54. The van der Waals surface area contributed by atoms with Gasteiger partial charge in [0.2, 0.25) is 0 Å². The van der Waals surface area contributed by atoms with Crippen LogP contribution >= 0.6 is 0 Å². The minimum absolute atomic E-state index is 0.0191. The Morgan fingerprint density at radius 1 is 1.08 bits per heavy atom. The molecule has 0 fully saturated rings. The predicted molar refractivity (Wildman–Crippen MR) is 92.8 cm³/mol. The van der Waals surface area contributed by atoms with Gasteiger partial charge in [0.25, 0.3) is 5.91 Å². The van der Waals surface area contributed by atoms with Crippen LogP contribution in [-0.2, 0) is 9.53 Å². The summed E-state index contributed by atoms with van der Waals surface area (Å²) in [5.41, 5.74) is 1.49. The topological polar surface area (TPSA) is 92.7 Å². The molecular formula is C19H19NO5. The van der Waals surface area contributed by atoms with E-state index in [1.807, 2.05) is 0 Å². The van der Waals surface area contributed by atoms with E-state index in [0.717, 1.165) is 5.56 Å². The molecule has 130 valence electrons. The Labute approximate surface area is 145 Å². The zero-order valence-electron chi connectivity index (χ0n) is 14.2. The van der Waals surface area contributed by atoms with Crippen molar-refractivity contribution in [1.82, 2.24) is 0 Å². The number of Topliss-reactive ketones (excluding diaryl/α,β-unsaturated/α-hetero) is 1. The molecule has 0 spiro atoms. The first-order valence-electron chi connectivity index (χ1n) is 7.71. The highest BCUT2D eigenvalue weighted by Crippen LogP contribution is 2.20. The van der Waals surface area contributed by atoms with Crippen LogP contribution in [0.2, 0.25) is 0 Å². The summed E-state index contributed by atoms with van der Waals surface area (Å²) in [5.74, 6) is -1.78. The van der Waals surface area contributed by atoms with Gasteiger partial charge in [0.15, 0.2) is 11.9 Å². The maximum absolute atomic E-state index is 12.2. The Morgan fingerprint density at radius 2 is 1.76 bits per heavy atom. The summed E-state index contributed by atoms with van der Waals surface area (Å²) in [6.07, 6.45) is -1.10. The van der Waals surface area contributed by atoms with Crippen molar-refractivity contribution in [3.05, 3.63) is 59.2 Å². The summed E-state index contributed by atoms with van der Waals surface area (Å²) in [4.78, 5) is 35.9. The first-order chi connectivity index (χ1) is 11.8. The molecule has 2 aromatic carbocycles. The second kappa shape index (κ2) is 7.61. The van der Waals surface area contributed by atoms with Crippen molar-refractivity contribution >= 4 is 23.3 Å². The Hall–Kier alpha value is -3.15. The van der Waals surface area contributed by atoms with Gasteiger partial charge in [0.05, 0.1) is 5.69 Å². The summed E-state index contributed by atoms with van der Waals surface area (Å²) in [5, 5.41) is 12.4. The van der Waals surface area contributed by atoms with Crippen molar-refractivity contribution in [2.75, 3.05) is 5.32 Å². The number of aryl methyl sites for hydroxylation is 1. The molecule has 6 nitrogen and oxygen atoms in total. The summed E-state index contributed by atoms with van der Waals surface area (Å²) in [6, 6.07) is 11.1. The van der Waals surface area contributed by atoms with E-state index < -0.39 is 18.0 Å². The average molecular weight is 341 g/mol. The first-order valence-corrected chi connectivity index (χ1v) is 7.71. The van der Waals surface area contributed by atoms with E-state index in [2.05, 4.69) is 5.32 Å². The quantitative estimate of drug-likeness (QED) is 0.644. The smallest absolute Gasteiger partial charge is 0.342 e. The third-order valence-corrected chi connectivity index (χ3v) is 3.59. The molecule has 2 aromatic rings. The zero-order chi connectivity index (χ0) is 18.6. The molecule has 0 saturated heterocycles. The number of ketones is 1. The molecule has 0 unspecified atom stereocenters. The number of hydrogen-bond donors (Lipinski definition) is 2. The fourth-order valence-electron chi connectivity index (χ4n) is 2.23. The van der Waals surface area contributed by atoms with Gasteiger partial charge in [-0.15, -0.1) is 0 Å². The number of para-hydroxylation sites is 1. The van der Waals surface area contributed by atoms with Crippen molar-refractivity contribution in [3.63, 3.8) is 0 Å². The highest BCUT2D eigenvalue weighted by atomic mass is 16.5. The number of phenols is 1. The maximum Gasteiger partial charge on any atom is 0.342 e. The number of aromatic hydroxyl groups is 1. The molecule has 25 heavy (non-hydrogen) atoms. The maximum atomic E-state index is 12.2. The summed E-state index contributed by atoms with van der Waals surface area (Å²) in [6.45, 7) is 4.58.